The van der Waals surface area contributed by atoms with Gasteiger partial charge in [0, 0.05) is 30.6 Å². The molecule has 0 spiro atoms. The second kappa shape index (κ2) is 29.6. The van der Waals surface area contributed by atoms with E-state index in [1.165, 1.54) is 161 Å². The fourth-order valence-electron chi connectivity index (χ4n) is 11.0. The van der Waals surface area contributed by atoms with E-state index in [4.69, 9.17) is 14.2 Å². The van der Waals surface area contributed by atoms with Crippen LogP contribution in [0.15, 0.2) is 18.2 Å². The molecule has 0 heterocycles. The molecule has 1 aromatic carbocycles. The molecule has 346 valence electrons. The first-order valence-electron chi connectivity index (χ1n) is 26.2. The highest BCUT2D eigenvalue weighted by Crippen LogP contribution is 2.34. The van der Waals surface area contributed by atoms with Gasteiger partial charge in [-0.1, -0.05) is 180 Å². The number of amides is 2. The van der Waals surface area contributed by atoms with Gasteiger partial charge in [0.05, 0.1) is 0 Å². The van der Waals surface area contributed by atoms with E-state index in [0.717, 1.165) is 69.8 Å². The van der Waals surface area contributed by atoms with E-state index in [1.807, 2.05) is 18.2 Å². The lowest BCUT2D eigenvalue weighted by Crippen LogP contribution is -2.50. The van der Waals surface area contributed by atoms with Crippen molar-refractivity contribution in [3.63, 3.8) is 0 Å². The Balaban J connectivity index is 1.12. The molecular formula is C53H88N2O6. The zero-order valence-electron chi connectivity index (χ0n) is 39.0. The molecule has 4 aliphatic carbocycles. The van der Waals surface area contributed by atoms with Crippen LogP contribution in [0, 0.1) is 0 Å². The van der Waals surface area contributed by atoms with E-state index in [0.29, 0.717) is 30.0 Å². The SMILES string of the molecule is CCCCCCCCCCCCCCCCCC(=O)OCc1ccc(OCC(=O)N(C2CCCCC2)C2CCCCC2)c(OCC(=O)N(C2CCCCC2)C2CCCCC2)c1. The molecule has 0 atom stereocenters. The van der Waals surface area contributed by atoms with Crippen LogP contribution in [0.25, 0.3) is 0 Å². The van der Waals surface area contributed by atoms with E-state index < -0.39 is 0 Å². The molecule has 61 heavy (non-hydrogen) atoms. The van der Waals surface area contributed by atoms with Gasteiger partial charge in [-0.05, 0) is 75.5 Å². The van der Waals surface area contributed by atoms with E-state index in [9.17, 15) is 14.4 Å². The van der Waals surface area contributed by atoms with Gasteiger partial charge in [-0.15, -0.1) is 0 Å². The number of unbranched alkanes of at least 4 members (excludes halogenated alkanes) is 14. The summed E-state index contributed by atoms with van der Waals surface area (Å²) >= 11 is 0. The maximum atomic E-state index is 14.1. The Kier molecular flexibility index (Phi) is 23.9. The summed E-state index contributed by atoms with van der Waals surface area (Å²) in [6, 6.07) is 6.71. The van der Waals surface area contributed by atoms with E-state index in [2.05, 4.69) is 16.7 Å². The molecule has 8 nitrogen and oxygen atoms in total. The van der Waals surface area contributed by atoms with Gasteiger partial charge in [-0.25, -0.2) is 0 Å². The smallest absolute Gasteiger partial charge is 0.306 e. The van der Waals surface area contributed by atoms with Crippen molar-refractivity contribution in [1.82, 2.24) is 9.80 Å². The van der Waals surface area contributed by atoms with E-state index >= 15 is 0 Å². The first kappa shape index (κ1) is 49.2. The number of benzene rings is 1. The van der Waals surface area contributed by atoms with Crippen LogP contribution in [0.2, 0.25) is 0 Å². The average molecular weight is 849 g/mol. The fourth-order valence-corrected chi connectivity index (χ4v) is 11.0. The quantitative estimate of drug-likeness (QED) is 0.0617. The van der Waals surface area contributed by atoms with Crippen molar-refractivity contribution in [2.24, 2.45) is 0 Å². The molecule has 4 fully saturated rings. The van der Waals surface area contributed by atoms with Gasteiger partial charge in [-0.3, -0.25) is 14.4 Å². The van der Waals surface area contributed by atoms with Gasteiger partial charge >= 0.3 is 5.97 Å². The third-order valence-corrected chi connectivity index (χ3v) is 14.5. The number of ether oxygens (including phenoxy) is 3. The molecule has 0 aromatic heterocycles. The summed E-state index contributed by atoms with van der Waals surface area (Å²) < 4.78 is 18.5. The number of carbonyl (C=O) groups is 3. The lowest BCUT2D eigenvalue weighted by atomic mass is 9.88. The second-order valence-corrected chi connectivity index (χ2v) is 19.5. The molecular weight excluding hydrogens is 761 g/mol. The van der Waals surface area contributed by atoms with E-state index in [1.54, 1.807) is 0 Å². The monoisotopic (exact) mass is 849 g/mol. The number of hydrogen-bond donors (Lipinski definition) is 0. The van der Waals surface area contributed by atoms with Crippen molar-refractivity contribution in [3.05, 3.63) is 23.8 Å². The molecule has 0 N–H and O–H groups in total. The highest BCUT2D eigenvalue weighted by Gasteiger charge is 2.34. The summed E-state index contributed by atoms with van der Waals surface area (Å²) in [5.41, 5.74) is 0.786. The highest BCUT2D eigenvalue weighted by molar-refractivity contribution is 5.79. The minimum absolute atomic E-state index is 0.0435. The molecule has 0 aliphatic heterocycles. The van der Waals surface area contributed by atoms with Crippen LogP contribution in [0.5, 0.6) is 11.5 Å². The van der Waals surface area contributed by atoms with Gasteiger partial charge in [0.25, 0.3) is 11.8 Å². The Morgan fingerprint density at radius 3 is 1.23 bits per heavy atom. The molecule has 1 aromatic rings. The molecule has 4 aliphatic rings. The molecule has 0 unspecified atom stereocenters. The largest absolute Gasteiger partial charge is 0.480 e. The average Bonchev–Trinajstić information content (AvgIpc) is 3.30. The van der Waals surface area contributed by atoms with Crippen molar-refractivity contribution in [2.45, 2.75) is 269 Å². The van der Waals surface area contributed by atoms with Crippen molar-refractivity contribution in [3.8, 4) is 11.5 Å². The zero-order valence-corrected chi connectivity index (χ0v) is 39.0. The number of hydrogen-bond acceptors (Lipinski definition) is 6. The van der Waals surface area contributed by atoms with Gasteiger partial charge < -0.3 is 24.0 Å². The summed E-state index contributed by atoms with van der Waals surface area (Å²) in [6.45, 7) is 2.28. The molecule has 4 saturated carbocycles. The van der Waals surface area contributed by atoms with Crippen LogP contribution in [-0.4, -0.2) is 65.0 Å². The Morgan fingerprint density at radius 1 is 0.475 bits per heavy atom. The predicted octanol–water partition coefficient (Wildman–Crippen LogP) is 13.7. The molecule has 2 amide bonds. The lowest BCUT2D eigenvalue weighted by molar-refractivity contribution is -0.145. The third kappa shape index (κ3) is 18.1. The number of nitrogens with zero attached hydrogens (tertiary/aromatic N) is 2. The van der Waals surface area contributed by atoms with Gasteiger partial charge in [-0.2, -0.15) is 0 Å². The second-order valence-electron chi connectivity index (χ2n) is 19.5. The standard InChI is InChI=1S/C53H88N2O6/c1-2-3-4-5-6-7-8-9-10-11-12-13-14-15-28-37-53(58)61-41-44-38-39-49(59-42-51(56)54(45-29-20-16-21-30-45)46-31-22-17-23-32-46)50(40-44)60-43-52(57)55(47-33-24-18-25-34-47)48-35-26-19-27-36-48/h38-40,45-48H,2-37,41-43H2,1H3. The van der Waals surface area contributed by atoms with Gasteiger partial charge in [0.2, 0.25) is 0 Å². The van der Waals surface area contributed by atoms with Gasteiger partial charge in [0.15, 0.2) is 24.7 Å². The van der Waals surface area contributed by atoms with Crippen molar-refractivity contribution in [2.75, 3.05) is 13.2 Å². The molecule has 0 bridgehead atoms. The number of esters is 1. The predicted molar refractivity (Wildman–Crippen MR) is 248 cm³/mol. The first-order chi connectivity index (χ1) is 30.0. The molecule has 0 radical (unpaired) electrons. The van der Waals surface area contributed by atoms with Crippen LogP contribution in [0.1, 0.15) is 244 Å². The number of carbonyl (C=O) groups excluding carboxylic acids is 3. The van der Waals surface area contributed by atoms with Crippen molar-refractivity contribution < 1.29 is 28.6 Å². The third-order valence-electron chi connectivity index (χ3n) is 14.5. The lowest BCUT2D eigenvalue weighted by Gasteiger charge is -2.42. The summed E-state index contributed by atoms with van der Waals surface area (Å²) in [5, 5.41) is 0. The summed E-state index contributed by atoms with van der Waals surface area (Å²) in [7, 11) is 0. The van der Waals surface area contributed by atoms with Crippen molar-refractivity contribution in [1.29, 1.82) is 0 Å². The first-order valence-corrected chi connectivity index (χ1v) is 26.2. The van der Waals surface area contributed by atoms with Crippen LogP contribution >= 0.6 is 0 Å². The Morgan fingerprint density at radius 2 is 0.836 bits per heavy atom. The summed E-state index contributed by atoms with van der Waals surface area (Å²) in [5.74, 6) is 0.814. The zero-order chi connectivity index (χ0) is 42.7. The molecule has 8 heteroatoms. The summed E-state index contributed by atoms with van der Waals surface area (Å²) in [4.78, 5) is 45.4. The minimum Gasteiger partial charge on any atom is -0.480 e. The Labute approximate surface area is 372 Å². The number of rotatable bonds is 28. The normalized spacial score (nSPS) is 18.4. The fraction of sp³-hybridized carbons (Fsp3) is 0.830. The maximum Gasteiger partial charge on any atom is 0.306 e. The maximum absolute atomic E-state index is 14.1. The molecule has 5 rings (SSSR count). The Bertz CT molecular complexity index is 1320. The van der Waals surface area contributed by atoms with Crippen LogP contribution in [-0.2, 0) is 25.7 Å². The van der Waals surface area contributed by atoms with Crippen LogP contribution in [0.4, 0.5) is 0 Å². The molecule has 0 saturated heterocycles. The Hall–Kier alpha value is -2.77. The summed E-state index contributed by atoms with van der Waals surface area (Å²) in [6.07, 6.45) is 42.8. The highest BCUT2D eigenvalue weighted by atomic mass is 16.5. The topological polar surface area (TPSA) is 85.4 Å². The van der Waals surface area contributed by atoms with Crippen LogP contribution in [0.3, 0.4) is 0 Å². The van der Waals surface area contributed by atoms with Crippen molar-refractivity contribution >= 4 is 17.8 Å². The van der Waals surface area contributed by atoms with Gasteiger partial charge in [0.1, 0.15) is 6.61 Å². The minimum atomic E-state index is -0.181. The van der Waals surface area contributed by atoms with Crippen LogP contribution < -0.4 is 9.47 Å². The van der Waals surface area contributed by atoms with E-state index in [-0.39, 0.29) is 49.7 Å².